The van der Waals surface area contributed by atoms with E-state index < -0.39 is 5.91 Å². The predicted molar refractivity (Wildman–Crippen MR) is 101 cm³/mol. The Bertz CT molecular complexity index is 995. The third-order valence-corrected chi connectivity index (χ3v) is 4.35. The average molecular weight is 367 g/mol. The zero-order valence-corrected chi connectivity index (χ0v) is 15.5. The molecule has 1 N–H and O–H groups in total. The van der Waals surface area contributed by atoms with Crippen LogP contribution in [-0.2, 0) is 9.53 Å². The third-order valence-electron chi connectivity index (χ3n) is 4.35. The number of likely N-dealkylation sites (N-methyl/N-ethyl adjacent to an activating group) is 1. The molecule has 0 saturated carbocycles. The molecule has 1 saturated heterocycles. The molecule has 1 amide bonds. The smallest absolute Gasteiger partial charge is 0.267 e. The van der Waals surface area contributed by atoms with Crippen LogP contribution in [0.3, 0.4) is 0 Å². The molecule has 0 bridgehead atoms. The number of morpholine rings is 1. The molecule has 1 fully saturated rings. The van der Waals surface area contributed by atoms with Gasteiger partial charge in [0.2, 0.25) is 0 Å². The molecule has 0 aliphatic carbocycles. The molecule has 0 unspecified atom stereocenters. The Kier molecular flexibility index (Phi) is 5.23. The van der Waals surface area contributed by atoms with Crippen molar-refractivity contribution in [2.75, 3.05) is 25.0 Å². The number of hydrogen-bond acceptors (Lipinski definition) is 6. The van der Waals surface area contributed by atoms with Crippen molar-refractivity contribution in [1.82, 2.24) is 14.7 Å². The Balaban J connectivity index is 2.25. The molecule has 0 radical (unpaired) electrons. The number of aromatic nitrogens is 2. The standard InChI is InChI=1S/C19H21N5O3/c1-12-10-23(11-13(2)27-12)17-15(8-14(9-20)18(25)21-3)19(26)24-7-5-4-6-16(24)22-17/h4-8,12-13H,10-11H2,1-3H3,(H,21,25)/b14-8+/t12-,13-/m1/s1. The molecule has 2 aromatic rings. The van der Waals surface area contributed by atoms with Crippen LogP contribution in [0.25, 0.3) is 11.7 Å². The number of carbonyl (C=O) groups excluding carboxylic acids is 1. The molecule has 1 aliphatic heterocycles. The second-order valence-electron chi connectivity index (χ2n) is 6.49. The van der Waals surface area contributed by atoms with Gasteiger partial charge in [0.05, 0.1) is 17.8 Å². The van der Waals surface area contributed by atoms with Gasteiger partial charge in [0.1, 0.15) is 23.1 Å². The largest absolute Gasteiger partial charge is 0.372 e. The molecule has 8 heteroatoms. The molecule has 27 heavy (non-hydrogen) atoms. The molecule has 140 valence electrons. The van der Waals surface area contributed by atoms with Crippen molar-refractivity contribution >= 4 is 23.4 Å². The lowest BCUT2D eigenvalue weighted by molar-refractivity contribution is -0.116. The summed E-state index contributed by atoms with van der Waals surface area (Å²) in [5.41, 5.74) is 0.224. The highest BCUT2D eigenvalue weighted by atomic mass is 16.5. The molecular weight excluding hydrogens is 346 g/mol. The first-order chi connectivity index (χ1) is 12.9. The third kappa shape index (κ3) is 3.68. The van der Waals surface area contributed by atoms with Gasteiger partial charge in [-0.05, 0) is 32.1 Å². The molecule has 2 atom stereocenters. The number of ether oxygens (including phenoxy) is 1. The summed E-state index contributed by atoms with van der Waals surface area (Å²) in [5.74, 6) is -0.102. The van der Waals surface area contributed by atoms with Gasteiger partial charge in [0.15, 0.2) is 0 Å². The minimum absolute atomic E-state index is 0.0315. The number of nitrogens with one attached hydrogen (secondary N) is 1. The average Bonchev–Trinajstić information content (AvgIpc) is 2.66. The van der Waals surface area contributed by atoms with Crippen molar-refractivity contribution in [3.05, 3.63) is 45.9 Å². The van der Waals surface area contributed by atoms with Gasteiger partial charge in [-0.25, -0.2) is 4.98 Å². The first kappa shape index (κ1) is 18.6. The SMILES string of the molecule is CNC(=O)/C(C#N)=C/c1c(N2C[C@@H](C)O[C@H](C)C2)nc2ccccn2c1=O. The van der Waals surface area contributed by atoms with Crippen LogP contribution in [0.15, 0.2) is 34.8 Å². The zero-order chi connectivity index (χ0) is 19.6. The number of carbonyl (C=O) groups is 1. The number of nitrogens with zero attached hydrogens (tertiary/aromatic N) is 4. The summed E-state index contributed by atoms with van der Waals surface area (Å²) in [6, 6.07) is 7.13. The van der Waals surface area contributed by atoms with E-state index in [1.165, 1.54) is 17.5 Å². The molecule has 3 heterocycles. The number of rotatable bonds is 3. The summed E-state index contributed by atoms with van der Waals surface area (Å²) in [4.78, 5) is 31.7. The number of anilines is 1. The van der Waals surface area contributed by atoms with E-state index in [4.69, 9.17) is 4.74 Å². The molecular formula is C19H21N5O3. The van der Waals surface area contributed by atoms with Crippen LogP contribution in [0.4, 0.5) is 5.82 Å². The second-order valence-corrected chi connectivity index (χ2v) is 6.49. The lowest BCUT2D eigenvalue weighted by Crippen LogP contribution is -2.46. The summed E-state index contributed by atoms with van der Waals surface area (Å²) in [6.45, 7) is 5.03. The summed E-state index contributed by atoms with van der Waals surface area (Å²) < 4.78 is 7.17. The number of nitriles is 1. The van der Waals surface area contributed by atoms with Gasteiger partial charge in [-0.3, -0.25) is 14.0 Å². The van der Waals surface area contributed by atoms with Gasteiger partial charge in [-0.15, -0.1) is 0 Å². The quantitative estimate of drug-likeness (QED) is 0.641. The highest BCUT2D eigenvalue weighted by Gasteiger charge is 2.26. The van der Waals surface area contributed by atoms with Crippen molar-refractivity contribution in [1.29, 1.82) is 5.26 Å². The normalized spacial score (nSPS) is 20.4. The molecule has 8 nitrogen and oxygen atoms in total. The number of amides is 1. The lowest BCUT2D eigenvalue weighted by Gasteiger charge is -2.36. The van der Waals surface area contributed by atoms with Crippen LogP contribution in [-0.4, -0.2) is 47.6 Å². The van der Waals surface area contributed by atoms with Crippen molar-refractivity contribution in [3.63, 3.8) is 0 Å². The van der Waals surface area contributed by atoms with Crippen LogP contribution in [0, 0.1) is 11.3 Å². The monoisotopic (exact) mass is 367 g/mol. The number of hydrogen-bond donors (Lipinski definition) is 1. The van der Waals surface area contributed by atoms with Crippen LogP contribution >= 0.6 is 0 Å². The Morgan fingerprint density at radius 3 is 2.70 bits per heavy atom. The van der Waals surface area contributed by atoms with Crippen LogP contribution in [0.2, 0.25) is 0 Å². The number of pyridine rings is 1. The molecule has 2 aromatic heterocycles. The fourth-order valence-corrected chi connectivity index (χ4v) is 3.24. The highest BCUT2D eigenvalue weighted by Crippen LogP contribution is 2.23. The first-order valence-electron chi connectivity index (χ1n) is 8.70. The first-order valence-corrected chi connectivity index (χ1v) is 8.70. The second kappa shape index (κ2) is 7.60. The molecule has 1 aliphatic rings. The minimum atomic E-state index is -0.551. The van der Waals surface area contributed by atoms with Gasteiger partial charge in [-0.1, -0.05) is 6.07 Å². The van der Waals surface area contributed by atoms with E-state index >= 15 is 0 Å². The maximum absolute atomic E-state index is 13.1. The summed E-state index contributed by atoms with van der Waals surface area (Å²) in [5, 5.41) is 11.7. The van der Waals surface area contributed by atoms with E-state index in [0.717, 1.165) is 0 Å². The van der Waals surface area contributed by atoms with Crippen LogP contribution in [0.5, 0.6) is 0 Å². The van der Waals surface area contributed by atoms with E-state index in [2.05, 4.69) is 10.3 Å². The fourth-order valence-electron chi connectivity index (χ4n) is 3.24. The van der Waals surface area contributed by atoms with Crippen molar-refractivity contribution in [3.8, 4) is 6.07 Å². The molecule has 0 spiro atoms. The van der Waals surface area contributed by atoms with E-state index in [9.17, 15) is 14.9 Å². The Hall–Kier alpha value is -3.18. The minimum Gasteiger partial charge on any atom is -0.372 e. The van der Waals surface area contributed by atoms with Crippen LogP contribution < -0.4 is 15.8 Å². The topological polar surface area (TPSA) is 99.7 Å². The summed E-state index contributed by atoms with van der Waals surface area (Å²) >= 11 is 0. The maximum atomic E-state index is 13.1. The van der Waals surface area contributed by atoms with Gasteiger partial charge in [0, 0.05) is 26.3 Å². The molecule has 0 aromatic carbocycles. The maximum Gasteiger partial charge on any atom is 0.267 e. The van der Waals surface area contributed by atoms with Crippen LogP contribution in [0.1, 0.15) is 19.4 Å². The summed E-state index contributed by atoms with van der Waals surface area (Å²) in [7, 11) is 1.44. The van der Waals surface area contributed by atoms with Crippen molar-refractivity contribution in [2.24, 2.45) is 0 Å². The van der Waals surface area contributed by atoms with E-state index in [0.29, 0.717) is 24.6 Å². The Morgan fingerprint density at radius 1 is 1.37 bits per heavy atom. The Labute approximate surface area is 156 Å². The predicted octanol–water partition coefficient (Wildman–Crippen LogP) is 0.961. The van der Waals surface area contributed by atoms with Gasteiger partial charge < -0.3 is 15.0 Å². The lowest BCUT2D eigenvalue weighted by atomic mass is 10.1. The zero-order valence-electron chi connectivity index (χ0n) is 15.5. The van der Waals surface area contributed by atoms with Gasteiger partial charge >= 0.3 is 0 Å². The van der Waals surface area contributed by atoms with Gasteiger partial charge in [0.25, 0.3) is 11.5 Å². The Morgan fingerprint density at radius 2 is 2.07 bits per heavy atom. The summed E-state index contributed by atoms with van der Waals surface area (Å²) in [6.07, 6.45) is 2.86. The van der Waals surface area contributed by atoms with Crippen molar-refractivity contribution in [2.45, 2.75) is 26.1 Å². The highest BCUT2D eigenvalue weighted by molar-refractivity contribution is 6.02. The van der Waals surface area contributed by atoms with E-state index in [1.807, 2.05) is 24.8 Å². The van der Waals surface area contributed by atoms with E-state index in [1.54, 1.807) is 24.4 Å². The molecule has 3 rings (SSSR count). The van der Waals surface area contributed by atoms with E-state index in [-0.39, 0.29) is 28.9 Å². The fraction of sp³-hybridized carbons (Fsp3) is 0.368. The van der Waals surface area contributed by atoms with Gasteiger partial charge in [-0.2, -0.15) is 5.26 Å². The number of fused-ring (bicyclic) bond motifs is 1. The van der Waals surface area contributed by atoms with Crippen molar-refractivity contribution < 1.29 is 9.53 Å².